The van der Waals surface area contributed by atoms with Crippen LogP contribution in [0.15, 0.2) is 54.6 Å². The average molecular weight is 466 g/mol. The molecule has 0 unspecified atom stereocenters. The van der Waals surface area contributed by atoms with E-state index in [9.17, 15) is 24.0 Å². The van der Waals surface area contributed by atoms with E-state index in [0.717, 1.165) is 12.8 Å². The van der Waals surface area contributed by atoms with Crippen LogP contribution in [0.2, 0.25) is 0 Å². The molecule has 3 amide bonds. The van der Waals surface area contributed by atoms with Crippen LogP contribution in [-0.2, 0) is 19.1 Å². The number of ether oxygens (including phenoxy) is 1. The Bertz CT molecular complexity index is 1050. The number of rotatable bonds is 12. The fraction of sp³-hybridized carbons (Fsp3) is 0.320. The van der Waals surface area contributed by atoms with Gasteiger partial charge in [-0.05, 0) is 25.0 Å². The molecule has 34 heavy (non-hydrogen) atoms. The molecule has 0 radical (unpaired) electrons. The smallest absolute Gasteiger partial charge is 0.308 e. The molecule has 178 valence electrons. The molecule has 9 nitrogen and oxygen atoms in total. The number of anilines is 1. The molecule has 1 aliphatic rings. The van der Waals surface area contributed by atoms with Crippen molar-refractivity contribution in [2.24, 2.45) is 0 Å². The SMILES string of the molecule is O=C(CCC(=O)c1ccccc1)NCCC(=O)OCC(=O)Nc1ccccc1C(=O)NC1CC1. The van der Waals surface area contributed by atoms with Crippen LogP contribution in [0.5, 0.6) is 0 Å². The van der Waals surface area contributed by atoms with Gasteiger partial charge in [-0.2, -0.15) is 0 Å². The molecule has 0 aliphatic heterocycles. The topological polar surface area (TPSA) is 131 Å². The molecule has 2 aromatic rings. The summed E-state index contributed by atoms with van der Waals surface area (Å²) in [5.74, 6) is -1.99. The molecule has 1 fully saturated rings. The van der Waals surface area contributed by atoms with Gasteiger partial charge in [0.2, 0.25) is 5.91 Å². The van der Waals surface area contributed by atoms with Crippen molar-refractivity contribution in [3.05, 3.63) is 65.7 Å². The highest BCUT2D eigenvalue weighted by Crippen LogP contribution is 2.21. The van der Waals surface area contributed by atoms with Gasteiger partial charge >= 0.3 is 5.97 Å². The first-order valence-corrected chi connectivity index (χ1v) is 11.1. The number of Topliss-reactive ketones (excluding diaryl/α,β-unsaturated/α-hetero) is 1. The van der Waals surface area contributed by atoms with E-state index in [0.29, 0.717) is 16.8 Å². The molecular weight excluding hydrogens is 438 g/mol. The highest BCUT2D eigenvalue weighted by molar-refractivity contribution is 6.04. The Morgan fingerprint density at radius 3 is 2.26 bits per heavy atom. The Hall–Kier alpha value is -4.01. The number of hydrogen-bond acceptors (Lipinski definition) is 6. The molecule has 3 N–H and O–H groups in total. The van der Waals surface area contributed by atoms with Gasteiger partial charge in [-0.3, -0.25) is 24.0 Å². The Kier molecular flexibility index (Phi) is 8.90. The van der Waals surface area contributed by atoms with Crippen molar-refractivity contribution < 1.29 is 28.7 Å². The molecule has 0 spiro atoms. The van der Waals surface area contributed by atoms with Crippen molar-refractivity contribution in [3.63, 3.8) is 0 Å². The van der Waals surface area contributed by atoms with E-state index < -0.39 is 18.5 Å². The van der Waals surface area contributed by atoms with Gasteiger partial charge < -0.3 is 20.7 Å². The second-order valence-corrected chi connectivity index (χ2v) is 7.89. The van der Waals surface area contributed by atoms with Crippen molar-refractivity contribution in [1.29, 1.82) is 0 Å². The molecule has 0 atom stereocenters. The summed E-state index contributed by atoms with van der Waals surface area (Å²) in [6.07, 6.45) is 1.86. The Labute approximate surface area is 197 Å². The van der Waals surface area contributed by atoms with Crippen LogP contribution in [-0.4, -0.2) is 48.7 Å². The number of nitrogens with one attached hydrogen (secondary N) is 3. The van der Waals surface area contributed by atoms with E-state index in [1.165, 1.54) is 0 Å². The summed E-state index contributed by atoms with van der Waals surface area (Å²) in [5, 5.41) is 7.99. The third kappa shape index (κ3) is 8.16. The van der Waals surface area contributed by atoms with Gasteiger partial charge in [-0.1, -0.05) is 42.5 Å². The maximum Gasteiger partial charge on any atom is 0.308 e. The number of esters is 1. The monoisotopic (exact) mass is 465 g/mol. The Morgan fingerprint density at radius 2 is 1.53 bits per heavy atom. The van der Waals surface area contributed by atoms with E-state index in [1.54, 1.807) is 54.6 Å². The molecule has 0 bridgehead atoms. The van der Waals surface area contributed by atoms with Gasteiger partial charge in [0.1, 0.15) is 0 Å². The highest BCUT2D eigenvalue weighted by atomic mass is 16.5. The summed E-state index contributed by atoms with van der Waals surface area (Å²) in [4.78, 5) is 60.2. The first-order valence-electron chi connectivity index (χ1n) is 11.1. The van der Waals surface area contributed by atoms with E-state index in [2.05, 4.69) is 16.0 Å². The Morgan fingerprint density at radius 1 is 0.824 bits per heavy atom. The fourth-order valence-electron chi connectivity index (χ4n) is 3.07. The van der Waals surface area contributed by atoms with Crippen molar-refractivity contribution >= 4 is 35.2 Å². The van der Waals surface area contributed by atoms with Crippen LogP contribution >= 0.6 is 0 Å². The van der Waals surface area contributed by atoms with Gasteiger partial charge in [-0.15, -0.1) is 0 Å². The molecule has 1 saturated carbocycles. The van der Waals surface area contributed by atoms with Gasteiger partial charge in [0.15, 0.2) is 12.4 Å². The molecule has 0 saturated heterocycles. The van der Waals surface area contributed by atoms with Gasteiger partial charge in [0, 0.05) is 31.0 Å². The minimum Gasteiger partial charge on any atom is -0.456 e. The number of amides is 3. The maximum atomic E-state index is 12.3. The average Bonchev–Trinajstić information content (AvgIpc) is 3.66. The third-order valence-electron chi connectivity index (χ3n) is 5.05. The molecule has 0 heterocycles. The number of ketones is 1. The standard InChI is InChI=1S/C25H27N3O6/c29-21(17-6-2-1-3-7-17)12-13-22(30)26-15-14-24(32)34-16-23(31)28-20-9-5-4-8-19(20)25(33)27-18-10-11-18/h1-9,18H,10-16H2,(H,26,30)(H,27,33)(H,28,31). The minimum absolute atomic E-state index is 0.0128. The van der Waals surface area contributed by atoms with Crippen LogP contribution in [0.1, 0.15) is 52.8 Å². The van der Waals surface area contributed by atoms with Gasteiger partial charge in [0.05, 0.1) is 17.7 Å². The third-order valence-corrected chi connectivity index (χ3v) is 5.05. The van der Waals surface area contributed by atoms with Crippen LogP contribution in [0, 0.1) is 0 Å². The van der Waals surface area contributed by atoms with E-state index in [4.69, 9.17) is 4.74 Å². The number of para-hydroxylation sites is 1. The normalized spacial score (nSPS) is 12.4. The second-order valence-electron chi connectivity index (χ2n) is 7.89. The van der Waals surface area contributed by atoms with Crippen LogP contribution < -0.4 is 16.0 Å². The van der Waals surface area contributed by atoms with Gasteiger partial charge in [0.25, 0.3) is 11.8 Å². The van der Waals surface area contributed by atoms with Crippen molar-refractivity contribution in [3.8, 4) is 0 Å². The zero-order valence-corrected chi connectivity index (χ0v) is 18.7. The van der Waals surface area contributed by atoms with Crippen LogP contribution in [0.4, 0.5) is 5.69 Å². The number of benzene rings is 2. The van der Waals surface area contributed by atoms with Crippen molar-refractivity contribution in [2.45, 2.75) is 38.1 Å². The largest absolute Gasteiger partial charge is 0.456 e. The summed E-state index contributed by atoms with van der Waals surface area (Å²) in [5.41, 5.74) is 1.21. The quantitative estimate of drug-likeness (QED) is 0.325. The molecular formula is C25H27N3O6. The summed E-state index contributed by atoms with van der Waals surface area (Å²) in [6, 6.07) is 15.5. The lowest BCUT2D eigenvalue weighted by Gasteiger charge is -2.11. The molecule has 9 heteroatoms. The highest BCUT2D eigenvalue weighted by Gasteiger charge is 2.25. The first-order chi connectivity index (χ1) is 16.4. The summed E-state index contributed by atoms with van der Waals surface area (Å²) in [7, 11) is 0. The van der Waals surface area contributed by atoms with Crippen molar-refractivity contribution in [2.75, 3.05) is 18.5 Å². The Balaban J connectivity index is 1.32. The lowest BCUT2D eigenvalue weighted by atomic mass is 10.1. The van der Waals surface area contributed by atoms with Crippen molar-refractivity contribution in [1.82, 2.24) is 10.6 Å². The first kappa shape index (κ1) is 24.6. The van der Waals surface area contributed by atoms with E-state index in [-0.39, 0.29) is 49.4 Å². The lowest BCUT2D eigenvalue weighted by molar-refractivity contribution is -0.147. The molecule has 3 rings (SSSR count). The summed E-state index contributed by atoms with van der Waals surface area (Å²) in [6.45, 7) is -0.486. The number of carbonyl (C=O) groups excluding carboxylic acids is 5. The lowest BCUT2D eigenvalue weighted by Crippen LogP contribution is -2.29. The summed E-state index contributed by atoms with van der Waals surface area (Å²) >= 11 is 0. The minimum atomic E-state index is -0.657. The zero-order chi connectivity index (χ0) is 24.3. The summed E-state index contributed by atoms with van der Waals surface area (Å²) < 4.78 is 4.93. The predicted molar refractivity (Wildman–Crippen MR) is 124 cm³/mol. The predicted octanol–water partition coefficient (Wildman–Crippen LogP) is 2.23. The number of carbonyl (C=O) groups is 5. The van der Waals surface area contributed by atoms with Crippen LogP contribution in [0.3, 0.4) is 0 Å². The fourth-order valence-corrected chi connectivity index (χ4v) is 3.07. The van der Waals surface area contributed by atoms with E-state index in [1.807, 2.05) is 0 Å². The molecule has 2 aromatic carbocycles. The van der Waals surface area contributed by atoms with Gasteiger partial charge in [-0.25, -0.2) is 0 Å². The molecule has 0 aromatic heterocycles. The zero-order valence-electron chi connectivity index (χ0n) is 18.7. The van der Waals surface area contributed by atoms with E-state index >= 15 is 0 Å². The molecule has 1 aliphatic carbocycles. The number of hydrogen-bond donors (Lipinski definition) is 3. The second kappa shape index (κ2) is 12.3. The van der Waals surface area contributed by atoms with Crippen LogP contribution in [0.25, 0.3) is 0 Å². The maximum absolute atomic E-state index is 12.3.